The first-order chi connectivity index (χ1) is 21.2. The van der Waals surface area contributed by atoms with E-state index in [-0.39, 0.29) is 23.1 Å². The largest absolute Gasteiger partial charge is 0.495 e. The Kier molecular flexibility index (Phi) is 11.6. The normalized spacial score (nSPS) is 14.8. The summed E-state index contributed by atoms with van der Waals surface area (Å²) in [6, 6.07) is 15.9. The molecule has 4 rings (SSSR count). The molecule has 0 bridgehead atoms. The molecule has 44 heavy (non-hydrogen) atoms. The molecule has 11 nitrogen and oxygen atoms in total. The van der Waals surface area contributed by atoms with Crippen LogP contribution in [-0.2, 0) is 14.8 Å². The molecule has 3 aromatic carbocycles. The summed E-state index contributed by atoms with van der Waals surface area (Å²) in [7, 11) is 1.31. The molecular weight excluding hydrogens is 601 g/mol. The quantitative estimate of drug-likeness (QED) is 0.138. The van der Waals surface area contributed by atoms with Crippen molar-refractivity contribution in [1.82, 2.24) is 15.1 Å². The lowest BCUT2D eigenvalue weighted by Gasteiger charge is -2.33. The maximum Gasteiger partial charge on any atom is 0.262 e. The maximum atomic E-state index is 13.7. The number of piperazine rings is 1. The predicted octanol–water partition coefficient (Wildman–Crippen LogP) is 3.13. The second kappa shape index (κ2) is 15.4. The standard InChI is InChI=1S/C31H40N6O5S2/c1-32-27(21-43-22-33-31(39)20-37-15-13-36(14-16-37)17-18-38)23-11-12-29(42-4)26(19-23)34-44(40,41)30-10-6-7-24-25(30)8-5-9-28(24)35(2)3/h5-12,19,21,34,38H,1,13-18,20,22H2,2-4H3,(H,33,39)/b27-21-. The molecule has 13 heteroatoms. The molecule has 1 heterocycles. The third kappa shape index (κ3) is 8.30. The Morgan fingerprint density at radius 3 is 2.48 bits per heavy atom. The predicted molar refractivity (Wildman–Crippen MR) is 180 cm³/mol. The SMILES string of the molecule is C=N/C(=C\SCNC(=O)CN1CCN(CCO)CC1)c1ccc(OC)c(NS(=O)(=O)c2cccc3c(N(C)C)cccc23)c1. The van der Waals surface area contributed by atoms with Crippen molar-refractivity contribution in [3.05, 3.63) is 65.6 Å². The van der Waals surface area contributed by atoms with Gasteiger partial charge in [-0.1, -0.05) is 24.3 Å². The third-order valence-corrected chi connectivity index (χ3v) is 9.46. The van der Waals surface area contributed by atoms with Crippen LogP contribution in [0.4, 0.5) is 11.4 Å². The van der Waals surface area contributed by atoms with Gasteiger partial charge in [0.25, 0.3) is 10.0 Å². The van der Waals surface area contributed by atoms with E-state index in [0.717, 1.165) is 37.3 Å². The number of anilines is 2. The van der Waals surface area contributed by atoms with Gasteiger partial charge in [-0.25, -0.2) is 8.42 Å². The molecule has 236 valence electrons. The van der Waals surface area contributed by atoms with E-state index in [0.29, 0.717) is 41.4 Å². The number of hydrogen-bond acceptors (Lipinski definition) is 10. The molecule has 0 aromatic heterocycles. The molecule has 0 spiro atoms. The van der Waals surface area contributed by atoms with Crippen molar-refractivity contribution < 1.29 is 23.1 Å². The summed E-state index contributed by atoms with van der Waals surface area (Å²) in [5.74, 6) is 0.627. The summed E-state index contributed by atoms with van der Waals surface area (Å²) in [6.07, 6.45) is 0. The maximum absolute atomic E-state index is 13.7. The van der Waals surface area contributed by atoms with Gasteiger partial charge in [-0.2, -0.15) is 0 Å². The number of amides is 1. The van der Waals surface area contributed by atoms with Crippen LogP contribution in [0, 0.1) is 0 Å². The summed E-state index contributed by atoms with van der Waals surface area (Å²) < 4.78 is 35.5. The molecule has 1 aliphatic rings. The minimum Gasteiger partial charge on any atom is -0.495 e. The van der Waals surface area contributed by atoms with Gasteiger partial charge in [0.2, 0.25) is 5.91 Å². The van der Waals surface area contributed by atoms with Crippen molar-refractivity contribution in [2.45, 2.75) is 4.90 Å². The number of rotatable bonds is 14. The van der Waals surface area contributed by atoms with Crippen LogP contribution in [0.5, 0.6) is 5.75 Å². The van der Waals surface area contributed by atoms with Gasteiger partial charge in [-0.05, 0) is 42.5 Å². The lowest BCUT2D eigenvalue weighted by molar-refractivity contribution is -0.122. The summed E-state index contributed by atoms with van der Waals surface area (Å²) in [6.45, 7) is 8.03. The van der Waals surface area contributed by atoms with Crippen molar-refractivity contribution >= 4 is 62.3 Å². The summed E-state index contributed by atoms with van der Waals surface area (Å²) in [4.78, 5) is 23.0. The molecule has 1 saturated heterocycles. The highest BCUT2D eigenvalue weighted by Gasteiger charge is 2.21. The molecular formula is C31H40N6O5S2. The summed E-state index contributed by atoms with van der Waals surface area (Å²) in [5, 5.41) is 15.2. The number of fused-ring (bicyclic) bond motifs is 1. The highest BCUT2D eigenvalue weighted by molar-refractivity contribution is 8.02. The number of thioether (sulfide) groups is 1. The number of aliphatic hydroxyl groups is 1. The molecule has 3 aromatic rings. The molecule has 1 fully saturated rings. The lowest BCUT2D eigenvalue weighted by Crippen LogP contribution is -2.49. The van der Waals surface area contributed by atoms with E-state index >= 15 is 0 Å². The van der Waals surface area contributed by atoms with Crippen LogP contribution >= 0.6 is 11.8 Å². The number of benzene rings is 3. The van der Waals surface area contributed by atoms with E-state index in [1.54, 1.807) is 41.8 Å². The zero-order valence-electron chi connectivity index (χ0n) is 25.3. The van der Waals surface area contributed by atoms with Crippen LogP contribution in [0.3, 0.4) is 0 Å². The number of carbonyl (C=O) groups is 1. The van der Waals surface area contributed by atoms with Gasteiger partial charge < -0.3 is 20.1 Å². The number of methoxy groups -OCH3 is 1. The fourth-order valence-corrected chi connectivity index (χ4v) is 7.03. The van der Waals surface area contributed by atoms with Crippen LogP contribution < -0.4 is 19.7 Å². The molecule has 1 aliphatic heterocycles. The number of β-amino-alcohol motifs (C(OH)–C–C–N with tert-alkyl or cyclic N) is 1. The number of nitrogens with one attached hydrogen (secondary N) is 2. The highest BCUT2D eigenvalue weighted by atomic mass is 32.2. The Balaban J connectivity index is 1.44. The fraction of sp³-hybridized carbons (Fsp3) is 0.355. The van der Waals surface area contributed by atoms with Crippen molar-refractivity contribution in [1.29, 1.82) is 0 Å². The van der Waals surface area contributed by atoms with E-state index in [1.807, 2.05) is 37.2 Å². The van der Waals surface area contributed by atoms with Crippen molar-refractivity contribution in [2.24, 2.45) is 4.99 Å². The third-order valence-electron chi connectivity index (χ3n) is 7.34. The van der Waals surface area contributed by atoms with Gasteiger partial charge in [0.15, 0.2) is 0 Å². The molecule has 0 saturated carbocycles. The fourth-order valence-electron chi connectivity index (χ4n) is 5.05. The van der Waals surface area contributed by atoms with Gasteiger partial charge in [-0.15, -0.1) is 11.8 Å². The number of aliphatic imine (C=N–C) groups is 1. The average Bonchev–Trinajstić information content (AvgIpc) is 3.01. The van der Waals surface area contributed by atoms with Gasteiger partial charge in [0.05, 0.1) is 42.4 Å². The second-order valence-electron chi connectivity index (χ2n) is 10.5. The number of carbonyl (C=O) groups excluding carboxylic acids is 1. The first kappa shape index (κ1) is 33.3. The monoisotopic (exact) mass is 640 g/mol. The Labute approximate surface area is 263 Å². The molecule has 0 aliphatic carbocycles. The van der Waals surface area contributed by atoms with Crippen LogP contribution in [-0.4, -0.2) is 109 Å². The first-order valence-corrected chi connectivity index (χ1v) is 16.7. The van der Waals surface area contributed by atoms with E-state index in [2.05, 4.69) is 31.5 Å². The number of hydrogen-bond donors (Lipinski definition) is 3. The molecule has 0 radical (unpaired) electrons. The van der Waals surface area contributed by atoms with Gasteiger partial charge in [0, 0.05) is 68.8 Å². The zero-order valence-corrected chi connectivity index (χ0v) is 27.0. The molecule has 3 N–H and O–H groups in total. The van der Waals surface area contributed by atoms with Crippen molar-refractivity contribution in [2.75, 3.05) is 82.6 Å². The van der Waals surface area contributed by atoms with Crippen molar-refractivity contribution in [3.63, 3.8) is 0 Å². The van der Waals surface area contributed by atoms with Crippen molar-refractivity contribution in [3.8, 4) is 5.75 Å². The van der Waals surface area contributed by atoms with Gasteiger partial charge in [-0.3, -0.25) is 24.3 Å². The number of aliphatic hydroxyl groups excluding tert-OH is 1. The van der Waals surface area contributed by atoms with Crippen LogP contribution in [0.2, 0.25) is 0 Å². The lowest BCUT2D eigenvalue weighted by atomic mass is 10.1. The Hall–Kier alpha value is -3.62. The second-order valence-corrected chi connectivity index (χ2v) is 13.0. The van der Waals surface area contributed by atoms with Crippen LogP contribution in [0.25, 0.3) is 16.5 Å². The number of sulfonamides is 1. The van der Waals surface area contributed by atoms with Gasteiger partial charge >= 0.3 is 0 Å². The minimum absolute atomic E-state index is 0.0677. The van der Waals surface area contributed by atoms with Crippen LogP contribution in [0.15, 0.2) is 69.9 Å². The van der Waals surface area contributed by atoms with E-state index in [1.165, 1.54) is 18.9 Å². The molecule has 1 amide bonds. The zero-order chi connectivity index (χ0) is 31.7. The van der Waals surface area contributed by atoms with Gasteiger partial charge in [0.1, 0.15) is 5.75 Å². The average molecular weight is 641 g/mol. The van der Waals surface area contributed by atoms with E-state index in [9.17, 15) is 13.2 Å². The first-order valence-electron chi connectivity index (χ1n) is 14.2. The topological polar surface area (TPSA) is 127 Å². The Morgan fingerprint density at radius 2 is 1.80 bits per heavy atom. The van der Waals surface area contributed by atoms with Crippen LogP contribution in [0.1, 0.15) is 5.56 Å². The highest BCUT2D eigenvalue weighted by Crippen LogP contribution is 2.34. The van der Waals surface area contributed by atoms with E-state index in [4.69, 9.17) is 9.84 Å². The van der Waals surface area contributed by atoms with E-state index < -0.39 is 10.0 Å². The number of nitrogens with zero attached hydrogens (tertiary/aromatic N) is 4. The smallest absolute Gasteiger partial charge is 0.262 e. The number of ether oxygens (including phenoxy) is 1. The summed E-state index contributed by atoms with van der Waals surface area (Å²) in [5.41, 5.74) is 2.33. The Bertz CT molecular complexity index is 1600. The minimum atomic E-state index is -4.00. The Morgan fingerprint density at radius 1 is 1.09 bits per heavy atom. The molecule has 0 atom stereocenters. The molecule has 0 unspecified atom stereocenters. The summed E-state index contributed by atoms with van der Waals surface area (Å²) >= 11 is 1.35.